The molecule has 184 valence electrons. The van der Waals surface area contributed by atoms with Gasteiger partial charge in [-0.1, -0.05) is 49.7 Å². The minimum atomic E-state index is -1.24. The van der Waals surface area contributed by atoms with Crippen molar-refractivity contribution in [2.75, 3.05) is 6.61 Å². The lowest BCUT2D eigenvalue weighted by atomic mass is 10.0. The second-order valence-electron chi connectivity index (χ2n) is 8.23. The van der Waals surface area contributed by atoms with Crippen molar-refractivity contribution in [3.8, 4) is 33.8 Å². The summed E-state index contributed by atoms with van der Waals surface area (Å²) in [6.45, 7) is 4.30. The van der Waals surface area contributed by atoms with Crippen molar-refractivity contribution in [1.82, 2.24) is 0 Å². The minimum absolute atomic E-state index is 0.0806. The molecule has 0 amide bonds. The second-order valence-corrected chi connectivity index (χ2v) is 8.23. The summed E-state index contributed by atoms with van der Waals surface area (Å²) in [6, 6.07) is 20.4. The van der Waals surface area contributed by atoms with Gasteiger partial charge in [-0.15, -0.1) is 0 Å². The summed E-state index contributed by atoms with van der Waals surface area (Å²) in [5.74, 6) is -3.74. The summed E-state index contributed by atoms with van der Waals surface area (Å²) in [5, 5.41) is 0. The van der Waals surface area contributed by atoms with Gasteiger partial charge >= 0.3 is 5.97 Å². The first-order valence-corrected chi connectivity index (χ1v) is 11.7. The third-order valence-electron chi connectivity index (χ3n) is 5.74. The van der Waals surface area contributed by atoms with Crippen LogP contribution in [0.3, 0.4) is 0 Å². The Bertz CT molecular complexity index is 1360. The first kappa shape index (κ1) is 25.0. The van der Waals surface area contributed by atoms with Gasteiger partial charge in [-0.25, -0.2) is 13.6 Å². The summed E-state index contributed by atoms with van der Waals surface area (Å²) in [7, 11) is 0. The number of benzene rings is 4. The van der Waals surface area contributed by atoms with Crippen molar-refractivity contribution in [3.63, 3.8) is 0 Å². The van der Waals surface area contributed by atoms with E-state index in [0.717, 1.165) is 18.4 Å². The van der Waals surface area contributed by atoms with Crippen LogP contribution >= 0.6 is 0 Å². The Morgan fingerprint density at radius 2 is 1.39 bits per heavy atom. The monoisotopic (exact) mass is 490 g/mol. The molecule has 0 saturated heterocycles. The first-order chi connectivity index (χ1) is 17.4. The Labute approximate surface area is 208 Å². The summed E-state index contributed by atoms with van der Waals surface area (Å²) in [6.07, 6.45) is 1.89. The van der Waals surface area contributed by atoms with Crippen LogP contribution < -0.4 is 9.47 Å². The molecular formula is C30H25F3O3. The largest absolute Gasteiger partial charge is 0.494 e. The lowest BCUT2D eigenvalue weighted by molar-refractivity contribution is 0.0727. The molecule has 4 rings (SSSR count). The number of ether oxygens (including phenoxy) is 2. The van der Waals surface area contributed by atoms with E-state index in [1.165, 1.54) is 30.3 Å². The van der Waals surface area contributed by atoms with E-state index in [9.17, 15) is 18.0 Å². The molecule has 0 aromatic heterocycles. The van der Waals surface area contributed by atoms with E-state index in [1.54, 1.807) is 36.4 Å². The summed E-state index contributed by atoms with van der Waals surface area (Å²) in [5.41, 5.74) is 2.71. The van der Waals surface area contributed by atoms with Crippen molar-refractivity contribution in [3.05, 3.63) is 107 Å². The van der Waals surface area contributed by atoms with Gasteiger partial charge in [0.1, 0.15) is 11.6 Å². The highest BCUT2D eigenvalue weighted by atomic mass is 19.2. The first-order valence-electron chi connectivity index (χ1n) is 11.7. The summed E-state index contributed by atoms with van der Waals surface area (Å²) < 4.78 is 54.4. The van der Waals surface area contributed by atoms with Crippen LogP contribution in [0.1, 0.15) is 36.2 Å². The van der Waals surface area contributed by atoms with E-state index >= 15 is 0 Å². The molecule has 0 spiro atoms. The Hall–Kier alpha value is -4.06. The van der Waals surface area contributed by atoms with Gasteiger partial charge < -0.3 is 9.47 Å². The molecule has 36 heavy (non-hydrogen) atoms. The molecule has 0 heterocycles. The highest BCUT2D eigenvalue weighted by Gasteiger charge is 2.19. The van der Waals surface area contributed by atoms with Gasteiger partial charge in [-0.2, -0.15) is 4.39 Å². The third kappa shape index (κ3) is 5.43. The van der Waals surface area contributed by atoms with Crippen LogP contribution in [0, 0.1) is 17.5 Å². The molecule has 0 unspecified atom stereocenters. The molecule has 0 aliphatic carbocycles. The van der Waals surface area contributed by atoms with E-state index in [1.807, 2.05) is 19.1 Å². The topological polar surface area (TPSA) is 35.5 Å². The normalized spacial score (nSPS) is 10.8. The number of aryl methyl sites for hydroxylation is 1. The number of esters is 1. The third-order valence-corrected chi connectivity index (χ3v) is 5.74. The van der Waals surface area contributed by atoms with Crippen molar-refractivity contribution < 1.29 is 27.4 Å². The molecule has 4 aromatic rings. The van der Waals surface area contributed by atoms with Crippen LogP contribution in [-0.4, -0.2) is 12.6 Å². The average molecular weight is 491 g/mol. The maximum Gasteiger partial charge on any atom is 0.343 e. The van der Waals surface area contributed by atoms with E-state index in [0.29, 0.717) is 29.0 Å². The zero-order valence-electron chi connectivity index (χ0n) is 20.0. The van der Waals surface area contributed by atoms with Crippen LogP contribution in [0.2, 0.25) is 0 Å². The Kier molecular flexibility index (Phi) is 7.74. The Morgan fingerprint density at radius 1 is 0.750 bits per heavy atom. The van der Waals surface area contributed by atoms with E-state index in [2.05, 4.69) is 6.92 Å². The van der Waals surface area contributed by atoms with Crippen LogP contribution in [0.5, 0.6) is 11.5 Å². The fourth-order valence-electron chi connectivity index (χ4n) is 3.90. The van der Waals surface area contributed by atoms with Crippen molar-refractivity contribution in [1.29, 1.82) is 0 Å². The predicted octanol–water partition coefficient (Wildman–Crippen LogP) is 8.01. The van der Waals surface area contributed by atoms with Gasteiger partial charge in [-0.3, -0.25) is 0 Å². The zero-order chi connectivity index (χ0) is 25.7. The molecule has 0 saturated carbocycles. The number of hydrogen-bond donors (Lipinski definition) is 0. The maximum absolute atomic E-state index is 14.8. The maximum atomic E-state index is 14.8. The van der Waals surface area contributed by atoms with Crippen LogP contribution in [-0.2, 0) is 6.42 Å². The highest BCUT2D eigenvalue weighted by molar-refractivity contribution is 5.91. The molecular weight excluding hydrogens is 465 g/mol. The molecule has 0 bridgehead atoms. The molecule has 0 atom stereocenters. The highest BCUT2D eigenvalue weighted by Crippen LogP contribution is 2.31. The molecule has 0 aliphatic heterocycles. The lowest BCUT2D eigenvalue weighted by Gasteiger charge is -2.11. The van der Waals surface area contributed by atoms with Gasteiger partial charge in [-0.05, 0) is 66.4 Å². The number of carbonyl (C=O) groups is 1. The fourth-order valence-corrected chi connectivity index (χ4v) is 3.90. The Balaban J connectivity index is 1.50. The van der Waals surface area contributed by atoms with E-state index in [-0.39, 0.29) is 11.1 Å². The summed E-state index contributed by atoms with van der Waals surface area (Å²) >= 11 is 0. The minimum Gasteiger partial charge on any atom is -0.494 e. The predicted molar refractivity (Wildman–Crippen MR) is 134 cm³/mol. The average Bonchev–Trinajstić information content (AvgIpc) is 2.88. The summed E-state index contributed by atoms with van der Waals surface area (Å²) in [4.78, 5) is 12.6. The number of rotatable bonds is 8. The van der Waals surface area contributed by atoms with Crippen molar-refractivity contribution >= 4 is 5.97 Å². The van der Waals surface area contributed by atoms with Crippen LogP contribution in [0.15, 0.2) is 78.9 Å². The van der Waals surface area contributed by atoms with E-state index in [4.69, 9.17) is 9.47 Å². The molecule has 3 nitrogen and oxygen atoms in total. The fraction of sp³-hybridized carbons (Fsp3) is 0.167. The van der Waals surface area contributed by atoms with Crippen LogP contribution in [0.25, 0.3) is 22.3 Å². The van der Waals surface area contributed by atoms with Gasteiger partial charge in [0.15, 0.2) is 11.6 Å². The van der Waals surface area contributed by atoms with Crippen molar-refractivity contribution in [2.24, 2.45) is 0 Å². The number of hydrogen-bond acceptors (Lipinski definition) is 3. The molecule has 0 aliphatic rings. The molecule has 0 fully saturated rings. The quantitative estimate of drug-likeness (QED) is 0.185. The van der Waals surface area contributed by atoms with Gasteiger partial charge in [0.25, 0.3) is 0 Å². The lowest BCUT2D eigenvalue weighted by Crippen LogP contribution is -2.10. The van der Waals surface area contributed by atoms with Gasteiger partial charge in [0.2, 0.25) is 5.82 Å². The SMILES string of the molecule is CCCc1ccc(-c2ccc(OC(=O)c3ccc(-c4ccc(OCC)cc4F)cc3)c(F)c2F)cc1. The van der Waals surface area contributed by atoms with Crippen molar-refractivity contribution in [2.45, 2.75) is 26.7 Å². The van der Waals surface area contributed by atoms with E-state index < -0.39 is 29.2 Å². The molecule has 0 radical (unpaired) electrons. The molecule has 6 heteroatoms. The number of halogens is 3. The Morgan fingerprint density at radius 3 is 2.03 bits per heavy atom. The van der Waals surface area contributed by atoms with Gasteiger partial charge in [0, 0.05) is 17.2 Å². The van der Waals surface area contributed by atoms with Gasteiger partial charge in [0.05, 0.1) is 12.2 Å². The van der Waals surface area contributed by atoms with Crippen LogP contribution in [0.4, 0.5) is 13.2 Å². The second kappa shape index (κ2) is 11.1. The zero-order valence-corrected chi connectivity index (χ0v) is 20.0. The smallest absolute Gasteiger partial charge is 0.343 e. The standard InChI is InChI=1S/C30H25F3O3/c1-3-5-19-6-8-21(9-7-19)25-16-17-27(29(33)28(25)32)36-30(34)22-12-10-20(11-13-22)24-15-14-23(35-4-2)18-26(24)31/h6-18H,3-5H2,1-2H3. The number of carbonyl (C=O) groups excluding carboxylic acids is 1. The molecule has 4 aromatic carbocycles. The molecule has 0 N–H and O–H groups in total.